The molecule has 3 rings (SSSR count). The number of nitrogens with one attached hydrogen (secondary N) is 1. The number of hydrogen-bond acceptors (Lipinski definition) is 2. The van der Waals surface area contributed by atoms with Gasteiger partial charge < -0.3 is 5.32 Å². The number of para-hydroxylation sites is 1. The van der Waals surface area contributed by atoms with Gasteiger partial charge in [0.1, 0.15) is 5.82 Å². The van der Waals surface area contributed by atoms with E-state index >= 15 is 0 Å². The smallest absolute Gasteiger partial charge is 0.316 e. The van der Waals surface area contributed by atoms with Crippen LogP contribution in [0.25, 0.3) is 0 Å². The van der Waals surface area contributed by atoms with E-state index in [1.165, 1.54) is 17.0 Å². The van der Waals surface area contributed by atoms with Gasteiger partial charge in [0.25, 0.3) is 0 Å². The zero-order chi connectivity index (χ0) is 19.1. The quantitative estimate of drug-likeness (QED) is 0.704. The van der Waals surface area contributed by atoms with Gasteiger partial charge in [0, 0.05) is 12.2 Å². The molecular weight excluding hydrogens is 343 g/mol. The molecule has 3 aromatic carbocycles. The lowest BCUT2D eigenvalue weighted by molar-refractivity contribution is -0.137. The molecule has 3 aromatic rings. The Kier molecular flexibility index (Phi) is 5.94. The second kappa shape index (κ2) is 8.76. The predicted octanol–water partition coefficient (Wildman–Crippen LogP) is 3.68. The maximum atomic E-state index is 13.0. The normalized spacial score (nSPS) is 10.3. The molecule has 2 amide bonds. The molecule has 0 saturated carbocycles. The van der Waals surface area contributed by atoms with Gasteiger partial charge in [-0.05, 0) is 35.4 Å². The van der Waals surface area contributed by atoms with Gasteiger partial charge in [0.05, 0.1) is 6.54 Å². The molecule has 0 atom stereocenters. The highest BCUT2D eigenvalue weighted by Gasteiger charge is 2.23. The van der Waals surface area contributed by atoms with Crippen LogP contribution in [-0.2, 0) is 22.7 Å². The molecule has 0 fully saturated rings. The molecule has 0 aromatic heterocycles. The lowest BCUT2D eigenvalue weighted by Gasteiger charge is -2.22. The standard InChI is InChI=1S/C22H19FN2O2/c23-19-13-11-17(12-14-19)15-24-21(26)22(27)25(20-9-5-2-6-10-20)16-18-7-3-1-4-8-18/h1-14H,15-16H2,(H,24,26). The molecule has 5 heteroatoms. The molecule has 0 saturated heterocycles. The first kappa shape index (κ1) is 18.3. The molecule has 4 nitrogen and oxygen atoms in total. The summed E-state index contributed by atoms with van der Waals surface area (Å²) in [5.74, 6) is -1.70. The summed E-state index contributed by atoms with van der Waals surface area (Å²) in [5, 5.41) is 2.60. The molecule has 0 spiro atoms. The monoisotopic (exact) mass is 362 g/mol. The van der Waals surface area contributed by atoms with Crippen LogP contribution in [0.3, 0.4) is 0 Å². The van der Waals surface area contributed by atoms with Crippen LogP contribution in [0.1, 0.15) is 11.1 Å². The molecular formula is C22H19FN2O2. The number of rotatable bonds is 5. The van der Waals surface area contributed by atoms with Gasteiger partial charge in [-0.1, -0.05) is 60.7 Å². The third-order valence-electron chi connectivity index (χ3n) is 4.06. The number of anilines is 1. The largest absolute Gasteiger partial charge is 0.344 e. The van der Waals surface area contributed by atoms with E-state index in [-0.39, 0.29) is 18.9 Å². The van der Waals surface area contributed by atoms with Crippen LogP contribution < -0.4 is 10.2 Å². The Morgan fingerprint density at radius 1 is 0.778 bits per heavy atom. The Morgan fingerprint density at radius 3 is 2.00 bits per heavy atom. The summed E-state index contributed by atoms with van der Waals surface area (Å²) < 4.78 is 13.0. The first-order valence-corrected chi connectivity index (χ1v) is 8.56. The average molecular weight is 362 g/mol. The van der Waals surface area contributed by atoms with Crippen LogP contribution in [0.15, 0.2) is 84.9 Å². The summed E-state index contributed by atoms with van der Waals surface area (Å²) in [6.45, 7) is 0.437. The molecule has 0 radical (unpaired) electrons. The van der Waals surface area contributed by atoms with Gasteiger partial charge in [0.2, 0.25) is 0 Å². The van der Waals surface area contributed by atoms with Crippen LogP contribution >= 0.6 is 0 Å². The molecule has 0 aliphatic heterocycles. The van der Waals surface area contributed by atoms with E-state index in [0.717, 1.165) is 5.56 Å². The van der Waals surface area contributed by atoms with Crippen LogP contribution in [-0.4, -0.2) is 11.8 Å². The number of nitrogens with zero attached hydrogens (tertiary/aromatic N) is 1. The second-order valence-electron chi connectivity index (χ2n) is 6.02. The van der Waals surface area contributed by atoms with Gasteiger partial charge >= 0.3 is 11.8 Å². The fourth-order valence-corrected chi connectivity index (χ4v) is 2.64. The van der Waals surface area contributed by atoms with Crippen molar-refractivity contribution in [2.75, 3.05) is 4.90 Å². The number of carbonyl (C=O) groups is 2. The van der Waals surface area contributed by atoms with Crippen molar-refractivity contribution in [1.29, 1.82) is 0 Å². The van der Waals surface area contributed by atoms with E-state index in [1.54, 1.807) is 24.3 Å². The Hall–Kier alpha value is -3.47. The summed E-state index contributed by atoms with van der Waals surface area (Å²) in [5.41, 5.74) is 2.27. The lowest BCUT2D eigenvalue weighted by Crippen LogP contribution is -2.42. The van der Waals surface area contributed by atoms with E-state index in [9.17, 15) is 14.0 Å². The molecule has 27 heavy (non-hydrogen) atoms. The lowest BCUT2D eigenvalue weighted by atomic mass is 10.2. The number of amides is 2. The van der Waals surface area contributed by atoms with Crippen molar-refractivity contribution in [3.63, 3.8) is 0 Å². The van der Waals surface area contributed by atoms with Crippen molar-refractivity contribution < 1.29 is 14.0 Å². The Balaban J connectivity index is 1.73. The maximum absolute atomic E-state index is 13.0. The van der Waals surface area contributed by atoms with Gasteiger partial charge in [0.15, 0.2) is 0 Å². The van der Waals surface area contributed by atoms with E-state index < -0.39 is 11.8 Å². The minimum Gasteiger partial charge on any atom is -0.344 e. The molecule has 0 heterocycles. The number of halogens is 1. The van der Waals surface area contributed by atoms with E-state index in [2.05, 4.69) is 5.32 Å². The molecule has 0 aliphatic rings. The first-order valence-electron chi connectivity index (χ1n) is 8.56. The maximum Gasteiger partial charge on any atom is 0.316 e. The van der Waals surface area contributed by atoms with Crippen molar-refractivity contribution in [2.45, 2.75) is 13.1 Å². The summed E-state index contributed by atoms with van der Waals surface area (Å²) in [6.07, 6.45) is 0. The fourth-order valence-electron chi connectivity index (χ4n) is 2.64. The van der Waals surface area contributed by atoms with E-state index in [4.69, 9.17) is 0 Å². The summed E-state index contributed by atoms with van der Waals surface area (Å²) in [7, 11) is 0. The number of benzene rings is 3. The number of carbonyl (C=O) groups excluding carboxylic acids is 2. The van der Waals surface area contributed by atoms with Crippen molar-refractivity contribution in [3.05, 3.63) is 102 Å². The highest BCUT2D eigenvalue weighted by molar-refractivity contribution is 6.40. The summed E-state index contributed by atoms with van der Waals surface area (Å²) in [6, 6.07) is 24.3. The summed E-state index contributed by atoms with van der Waals surface area (Å²) in [4.78, 5) is 26.6. The second-order valence-corrected chi connectivity index (χ2v) is 6.02. The predicted molar refractivity (Wildman–Crippen MR) is 102 cm³/mol. The van der Waals surface area contributed by atoms with Crippen molar-refractivity contribution in [3.8, 4) is 0 Å². The molecule has 0 unspecified atom stereocenters. The molecule has 0 bridgehead atoms. The van der Waals surface area contributed by atoms with Crippen LogP contribution in [0.4, 0.5) is 10.1 Å². The van der Waals surface area contributed by atoms with Gasteiger partial charge in [-0.3, -0.25) is 14.5 Å². The Labute approximate surface area is 157 Å². The average Bonchev–Trinajstić information content (AvgIpc) is 2.72. The van der Waals surface area contributed by atoms with Crippen LogP contribution in [0.2, 0.25) is 0 Å². The Morgan fingerprint density at radius 2 is 1.37 bits per heavy atom. The fraction of sp³-hybridized carbons (Fsp3) is 0.0909. The SMILES string of the molecule is O=C(NCc1ccc(F)cc1)C(=O)N(Cc1ccccc1)c1ccccc1. The third kappa shape index (κ3) is 5.01. The first-order chi connectivity index (χ1) is 13.1. The molecule has 1 N–H and O–H groups in total. The Bertz CT molecular complexity index is 897. The molecule has 0 aliphatic carbocycles. The van der Waals surface area contributed by atoms with Crippen molar-refractivity contribution in [2.24, 2.45) is 0 Å². The van der Waals surface area contributed by atoms with E-state index in [0.29, 0.717) is 11.3 Å². The van der Waals surface area contributed by atoms with Crippen molar-refractivity contribution in [1.82, 2.24) is 5.32 Å². The zero-order valence-electron chi connectivity index (χ0n) is 14.6. The minimum atomic E-state index is -0.709. The molecule has 136 valence electrons. The topological polar surface area (TPSA) is 49.4 Å². The van der Waals surface area contributed by atoms with E-state index in [1.807, 2.05) is 48.5 Å². The van der Waals surface area contributed by atoms with Gasteiger partial charge in [-0.25, -0.2) is 4.39 Å². The minimum absolute atomic E-state index is 0.152. The summed E-state index contributed by atoms with van der Waals surface area (Å²) >= 11 is 0. The zero-order valence-corrected chi connectivity index (χ0v) is 14.6. The van der Waals surface area contributed by atoms with Crippen LogP contribution in [0, 0.1) is 5.82 Å². The van der Waals surface area contributed by atoms with Crippen molar-refractivity contribution >= 4 is 17.5 Å². The third-order valence-corrected chi connectivity index (χ3v) is 4.06. The van der Waals surface area contributed by atoms with Gasteiger partial charge in [-0.15, -0.1) is 0 Å². The van der Waals surface area contributed by atoms with Crippen LogP contribution in [0.5, 0.6) is 0 Å². The highest BCUT2D eigenvalue weighted by Crippen LogP contribution is 2.17. The van der Waals surface area contributed by atoms with Gasteiger partial charge in [-0.2, -0.15) is 0 Å². The number of hydrogen-bond donors (Lipinski definition) is 1. The highest BCUT2D eigenvalue weighted by atomic mass is 19.1.